The molecule has 2 aromatic carbocycles. The van der Waals surface area contributed by atoms with Gasteiger partial charge in [-0.1, -0.05) is 29.3 Å². The number of methoxy groups -OCH3 is 2. The largest absolute Gasteiger partial charge is 0.493 e. The van der Waals surface area contributed by atoms with Gasteiger partial charge in [-0.2, -0.15) is 0 Å². The zero-order valence-electron chi connectivity index (χ0n) is 11.6. The minimum absolute atomic E-state index is 0.0500. The van der Waals surface area contributed by atoms with E-state index in [-0.39, 0.29) is 27.2 Å². The van der Waals surface area contributed by atoms with E-state index in [9.17, 15) is 10.1 Å². The van der Waals surface area contributed by atoms with Gasteiger partial charge in [0.1, 0.15) is 0 Å². The topological polar surface area (TPSA) is 70.8 Å². The maximum atomic E-state index is 11.1. The molecule has 0 atom stereocenters. The average molecular weight is 344 g/mol. The Kier molecular flexibility index (Phi) is 4.95. The zero-order valence-corrected chi connectivity index (χ0v) is 13.1. The van der Waals surface area contributed by atoms with Crippen molar-refractivity contribution >= 4 is 28.9 Å². The summed E-state index contributed by atoms with van der Waals surface area (Å²) in [5.41, 5.74) is -0.306. The molecule has 0 aliphatic carbocycles. The van der Waals surface area contributed by atoms with Gasteiger partial charge in [0.05, 0.1) is 29.2 Å². The average Bonchev–Trinajstić information content (AvgIpc) is 2.50. The molecular formula is C14H11Cl2NO5. The lowest BCUT2D eigenvalue weighted by Crippen LogP contribution is -1.97. The molecule has 0 heterocycles. The first kappa shape index (κ1) is 16.2. The van der Waals surface area contributed by atoms with Gasteiger partial charge < -0.3 is 14.2 Å². The van der Waals surface area contributed by atoms with Crippen LogP contribution in [0, 0.1) is 10.1 Å². The second-order valence-electron chi connectivity index (χ2n) is 4.08. The van der Waals surface area contributed by atoms with Crippen LogP contribution in [0.4, 0.5) is 5.69 Å². The molecule has 0 N–H and O–H groups in total. The monoisotopic (exact) mass is 343 g/mol. The Labute approximate surface area is 136 Å². The van der Waals surface area contributed by atoms with Crippen LogP contribution in [0.25, 0.3) is 0 Å². The van der Waals surface area contributed by atoms with Crippen molar-refractivity contribution < 1.29 is 19.1 Å². The van der Waals surface area contributed by atoms with Crippen LogP contribution < -0.4 is 14.2 Å². The molecular weight excluding hydrogens is 333 g/mol. The molecule has 0 saturated carbocycles. The lowest BCUT2D eigenvalue weighted by molar-refractivity contribution is -0.385. The van der Waals surface area contributed by atoms with E-state index in [0.717, 1.165) is 6.07 Å². The second kappa shape index (κ2) is 6.72. The molecule has 0 aromatic heterocycles. The predicted octanol–water partition coefficient (Wildman–Crippen LogP) is 4.71. The lowest BCUT2D eigenvalue weighted by Gasteiger charge is -2.13. The highest BCUT2D eigenvalue weighted by atomic mass is 35.5. The number of rotatable bonds is 5. The molecule has 0 unspecified atom stereocenters. The Hall–Kier alpha value is -2.18. The molecule has 116 valence electrons. The van der Waals surface area contributed by atoms with E-state index in [0.29, 0.717) is 11.5 Å². The Morgan fingerprint density at radius 2 is 1.64 bits per heavy atom. The van der Waals surface area contributed by atoms with Gasteiger partial charge >= 0.3 is 5.69 Å². The summed E-state index contributed by atoms with van der Waals surface area (Å²) >= 11 is 11.7. The van der Waals surface area contributed by atoms with E-state index in [1.54, 1.807) is 18.2 Å². The zero-order chi connectivity index (χ0) is 16.3. The van der Waals surface area contributed by atoms with Crippen molar-refractivity contribution in [1.82, 2.24) is 0 Å². The third-order valence-corrected chi connectivity index (χ3v) is 3.51. The Morgan fingerprint density at radius 3 is 2.23 bits per heavy atom. The van der Waals surface area contributed by atoms with Crippen LogP contribution in [-0.4, -0.2) is 19.1 Å². The quantitative estimate of drug-likeness (QED) is 0.580. The molecule has 0 aliphatic heterocycles. The summed E-state index contributed by atoms with van der Waals surface area (Å²) in [6.07, 6.45) is 0. The van der Waals surface area contributed by atoms with Gasteiger partial charge in [0, 0.05) is 12.1 Å². The van der Waals surface area contributed by atoms with Crippen molar-refractivity contribution in [2.24, 2.45) is 0 Å². The second-order valence-corrected chi connectivity index (χ2v) is 4.90. The van der Waals surface area contributed by atoms with Crippen LogP contribution in [0.15, 0.2) is 30.3 Å². The first-order valence-electron chi connectivity index (χ1n) is 6.00. The maximum absolute atomic E-state index is 11.1. The lowest BCUT2D eigenvalue weighted by atomic mass is 10.2. The van der Waals surface area contributed by atoms with E-state index < -0.39 is 4.92 Å². The van der Waals surface area contributed by atoms with Crippen molar-refractivity contribution in [3.8, 4) is 23.0 Å². The van der Waals surface area contributed by atoms with Crippen molar-refractivity contribution in [1.29, 1.82) is 0 Å². The Morgan fingerprint density at radius 1 is 1.00 bits per heavy atom. The molecule has 2 rings (SSSR count). The highest BCUT2D eigenvalue weighted by molar-refractivity contribution is 6.42. The third-order valence-electron chi connectivity index (χ3n) is 2.79. The fourth-order valence-corrected chi connectivity index (χ4v) is 2.11. The van der Waals surface area contributed by atoms with Crippen LogP contribution in [0.5, 0.6) is 23.0 Å². The summed E-state index contributed by atoms with van der Waals surface area (Å²) < 4.78 is 15.9. The van der Waals surface area contributed by atoms with Gasteiger partial charge in [0.15, 0.2) is 11.5 Å². The van der Waals surface area contributed by atoms with Gasteiger partial charge in [-0.25, -0.2) is 0 Å². The fourth-order valence-electron chi connectivity index (χ4n) is 1.80. The molecule has 0 amide bonds. The summed E-state index contributed by atoms with van der Waals surface area (Å²) in [6, 6.07) is 7.34. The minimum Gasteiger partial charge on any atom is -0.493 e. The Balaban J connectivity index is 2.52. The van der Waals surface area contributed by atoms with E-state index in [4.69, 9.17) is 37.4 Å². The van der Waals surface area contributed by atoms with E-state index in [1.165, 1.54) is 20.3 Å². The smallest absolute Gasteiger partial charge is 0.313 e. The summed E-state index contributed by atoms with van der Waals surface area (Å²) in [5, 5.41) is 11.3. The standard InChI is InChI=1S/C14H11Cl2NO5/c1-20-11-4-3-5-12(14(11)21-2)22-13-7-9(16)8(15)6-10(13)17(18)19/h3-7H,1-2H3. The van der Waals surface area contributed by atoms with Crippen molar-refractivity contribution in [3.05, 3.63) is 50.5 Å². The minimum atomic E-state index is -0.607. The summed E-state index contributed by atoms with van der Waals surface area (Å²) in [4.78, 5) is 10.5. The molecule has 0 radical (unpaired) electrons. The molecule has 0 spiro atoms. The highest BCUT2D eigenvalue weighted by Crippen LogP contribution is 2.43. The van der Waals surface area contributed by atoms with Crippen LogP contribution in [0.2, 0.25) is 10.0 Å². The first-order chi connectivity index (χ1) is 10.5. The normalized spacial score (nSPS) is 10.2. The fraction of sp³-hybridized carbons (Fsp3) is 0.143. The number of nitrogens with zero attached hydrogens (tertiary/aromatic N) is 1. The number of hydrogen-bond donors (Lipinski definition) is 0. The molecule has 8 heteroatoms. The number of ether oxygens (including phenoxy) is 3. The van der Waals surface area contributed by atoms with Crippen LogP contribution in [-0.2, 0) is 0 Å². The molecule has 0 fully saturated rings. The van der Waals surface area contributed by atoms with Gasteiger partial charge in [-0.15, -0.1) is 0 Å². The summed E-state index contributed by atoms with van der Waals surface area (Å²) in [7, 11) is 2.91. The summed E-state index contributed by atoms with van der Waals surface area (Å²) in [5.74, 6) is 0.947. The van der Waals surface area contributed by atoms with E-state index in [1.807, 2.05) is 0 Å². The molecule has 6 nitrogen and oxygen atoms in total. The number of hydrogen-bond acceptors (Lipinski definition) is 5. The summed E-state index contributed by atoms with van der Waals surface area (Å²) in [6.45, 7) is 0. The predicted molar refractivity (Wildman–Crippen MR) is 82.7 cm³/mol. The first-order valence-corrected chi connectivity index (χ1v) is 6.75. The Bertz CT molecular complexity index is 721. The number of benzene rings is 2. The third kappa shape index (κ3) is 3.18. The van der Waals surface area contributed by atoms with Crippen molar-refractivity contribution in [2.45, 2.75) is 0 Å². The van der Waals surface area contributed by atoms with Gasteiger partial charge in [-0.3, -0.25) is 10.1 Å². The molecule has 22 heavy (non-hydrogen) atoms. The molecule has 2 aromatic rings. The van der Waals surface area contributed by atoms with E-state index >= 15 is 0 Å². The SMILES string of the molecule is COc1cccc(Oc2cc(Cl)c(Cl)cc2[N+](=O)[O-])c1OC. The van der Waals surface area contributed by atoms with Crippen molar-refractivity contribution in [3.63, 3.8) is 0 Å². The van der Waals surface area contributed by atoms with E-state index in [2.05, 4.69) is 0 Å². The molecule has 0 saturated heterocycles. The van der Waals surface area contributed by atoms with Gasteiger partial charge in [-0.05, 0) is 12.1 Å². The maximum Gasteiger partial charge on any atom is 0.313 e. The van der Waals surface area contributed by atoms with Crippen LogP contribution in [0.3, 0.4) is 0 Å². The van der Waals surface area contributed by atoms with Crippen molar-refractivity contribution in [2.75, 3.05) is 14.2 Å². The number of nitro benzene ring substituents is 1. The number of nitro groups is 1. The molecule has 0 aliphatic rings. The number of halogens is 2. The van der Waals surface area contributed by atoms with Crippen LogP contribution in [0.1, 0.15) is 0 Å². The number of para-hydroxylation sites is 1. The van der Waals surface area contributed by atoms with Crippen LogP contribution >= 0.6 is 23.2 Å². The van der Waals surface area contributed by atoms with Gasteiger partial charge in [0.25, 0.3) is 0 Å². The highest BCUT2D eigenvalue weighted by Gasteiger charge is 2.21. The molecule has 0 bridgehead atoms. The van der Waals surface area contributed by atoms with Gasteiger partial charge in [0.2, 0.25) is 11.5 Å².